The van der Waals surface area contributed by atoms with Gasteiger partial charge in [0.15, 0.2) is 0 Å². The van der Waals surface area contributed by atoms with E-state index in [2.05, 4.69) is 10.4 Å². The number of nitrogens with zero attached hydrogens (tertiary/aromatic N) is 2. The SMILES string of the molecule is Cc1cc(C)n(Cc2ccc(C(=O)N[C@@H](C)c3ccc(F)cc3)cc2)n1. The molecule has 0 unspecified atom stereocenters. The highest BCUT2D eigenvalue weighted by molar-refractivity contribution is 5.94. The molecule has 0 radical (unpaired) electrons. The van der Waals surface area contributed by atoms with E-state index >= 15 is 0 Å². The Labute approximate surface area is 152 Å². The zero-order chi connectivity index (χ0) is 18.7. The third-order valence-electron chi connectivity index (χ3n) is 4.37. The Balaban J connectivity index is 1.65. The van der Waals surface area contributed by atoms with Crippen LogP contribution in [0.5, 0.6) is 0 Å². The van der Waals surface area contributed by atoms with Crippen molar-refractivity contribution in [3.05, 3.63) is 88.5 Å². The highest BCUT2D eigenvalue weighted by Gasteiger charge is 2.12. The molecule has 0 aliphatic rings. The predicted molar refractivity (Wildman–Crippen MR) is 99.5 cm³/mol. The third-order valence-corrected chi connectivity index (χ3v) is 4.37. The van der Waals surface area contributed by atoms with E-state index in [1.807, 2.05) is 55.8 Å². The molecule has 0 fully saturated rings. The number of halogens is 1. The molecule has 1 amide bonds. The Bertz CT molecular complexity index is 898. The molecule has 2 aromatic carbocycles. The van der Waals surface area contributed by atoms with Crippen LogP contribution in [-0.2, 0) is 6.54 Å². The molecule has 134 valence electrons. The van der Waals surface area contributed by atoms with E-state index < -0.39 is 0 Å². The first-order chi connectivity index (χ1) is 12.4. The molecule has 5 heteroatoms. The minimum Gasteiger partial charge on any atom is -0.346 e. The van der Waals surface area contributed by atoms with Gasteiger partial charge in [-0.25, -0.2) is 4.39 Å². The van der Waals surface area contributed by atoms with Crippen molar-refractivity contribution in [1.82, 2.24) is 15.1 Å². The number of carbonyl (C=O) groups excluding carboxylic acids is 1. The van der Waals surface area contributed by atoms with Crippen molar-refractivity contribution in [3.8, 4) is 0 Å². The molecule has 0 saturated carbocycles. The Morgan fingerprint density at radius 3 is 2.35 bits per heavy atom. The fraction of sp³-hybridized carbons (Fsp3) is 0.238. The van der Waals surface area contributed by atoms with Crippen LogP contribution in [0.1, 0.15) is 45.8 Å². The van der Waals surface area contributed by atoms with Gasteiger partial charge in [-0.1, -0.05) is 24.3 Å². The maximum Gasteiger partial charge on any atom is 0.251 e. The molecular formula is C21H22FN3O. The van der Waals surface area contributed by atoms with Crippen LogP contribution in [0, 0.1) is 19.7 Å². The van der Waals surface area contributed by atoms with E-state index in [1.165, 1.54) is 12.1 Å². The molecule has 0 bridgehead atoms. The Hall–Kier alpha value is -2.95. The fourth-order valence-corrected chi connectivity index (χ4v) is 2.88. The maximum atomic E-state index is 13.0. The van der Waals surface area contributed by atoms with E-state index in [-0.39, 0.29) is 17.8 Å². The van der Waals surface area contributed by atoms with Crippen molar-refractivity contribution in [2.75, 3.05) is 0 Å². The number of nitrogens with one attached hydrogen (secondary N) is 1. The van der Waals surface area contributed by atoms with E-state index in [4.69, 9.17) is 0 Å². The quantitative estimate of drug-likeness (QED) is 0.750. The Morgan fingerprint density at radius 1 is 1.12 bits per heavy atom. The van der Waals surface area contributed by atoms with E-state index in [0.29, 0.717) is 12.1 Å². The first-order valence-electron chi connectivity index (χ1n) is 8.58. The second-order valence-corrected chi connectivity index (χ2v) is 6.53. The summed E-state index contributed by atoms with van der Waals surface area (Å²) in [5.41, 5.74) is 4.64. The van der Waals surface area contributed by atoms with Gasteiger partial charge in [0, 0.05) is 11.3 Å². The lowest BCUT2D eigenvalue weighted by molar-refractivity contribution is 0.0940. The minimum atomic E-state index is -0.287. The van der Waals surface area contributed by atoms with Crippen LogP contribution in [0.15, 0.2) is 54.6 Å². The monoisotopic (exact) mass is 351 g/mol. The normalized spacial score (nSPS) is 12.0. The Morgan fingerprint density at radius 2 is 1.77 bits per heavy atom. The number of hydrogen-bond acceptors (Lipinski definition) is 2. The lowest BCUT2D eigenvalue weighted by Crippen LogP contribution is -2.26. The summed E-state index contributed by atoms with van der Waals surface area (Å²) < 4.78 is 14.9. The number of amides is 1. The summed E-state index contributed by atoms with van der Waals surface area (Å²) in [4.78, 5) is 12.4. The molecular weight excluding hydrogens is 329 g/mol. The predicted octanol–water partition coefficient (Wildman–Crippen LogP) is 4.18. The lowest BCUT2D eigenvalue weighted by Gasteiger charge is -2.14. The van der Waals surface area contributed by atoms with Crippen LogP contribution in [0.3, 0.4) is 0 Å². The maximum absolute atomic E-state index is 13.0. The summed E-state index contributed by atoms with van der Waals surface area (Å²) in [6.07, 6.45) is 0. The van der Waals surface area contributed by atoms with Crippen molar-refractivity contribution in [3.63, 3.8) is 0 Å². The van der Waals surface area contributed by atoms with Gasteiger partial charge < -0.3 is 5.32 Å². The largest absolute Gasteiger partial charge is 0.346 e. The van der Waals surface area contributed by atoms with Gasteiger partial charge in [-0.3, -0.25) is 9.48 Å². The van der Waals surface area contributed by atoms with Gasteiger partial charge in [-0.2, -0.15) is 5.10 Å². The van der Waals surface area contributed by atoms with Crippen molar-refractivity contribution in [1.29, 1.82) is 0 Å². The zero-order valence-electron chi connectivity index (χ0n) is 15.2. The van der Waals surface area contributed by atoms with E-state index in [9.17, 15) is 9.18 Å². The molecule has 1 aromatic heterocycles. The number of hydrogen-bond donors (Lipinski definition) is 1. The molecule has 1 N–H and O–H groups in total. The molecule has 0 aliphatic carbocycles. The molecule has 3 rings (SSSR count). The first kappa shape index (κ1) is 17.9. The minimum absolute atomic E-state index is 0.153. The average molecular weight is 351 g/mol. The van der Waals surface area contributed by atoms with Crippen LogP contribution in [0.2, 0.25) is 0 Å². The van der Waals surface area contributed by atoms with Crippen molar-refractivity contribution >= 4 is 5.91 Å². The number of rotatable bonds is 5. The smallest absolute Gasteiger partial charge is 0.251 e. The summed E-state index contributed by atoms with van der Waals surface area (Å²) >= 11 is 0. The van der Waals surface area contributed by atoms with Crippen molar-refractivity contribution in [2.45, 2.75) is 33.4 Å². The van der Waals surface area contributed by atoms with Gasteiger partial charge >= 0.3 is 0 Å². The molecule has 26 heavy (non-hydrogen) atoms. The Kier molecular flexibility index (Phi) is 5.16. The molecule has 0 spiro atoms. The standard InChI is InChI=1S/C21H22FN3O/c1-14-12-15(2)25(24-14)13-17-4-6-19(7-5-17)21(26)23-16(3)18-8-10-20(22)11-9-18/h4-12,16H,13H2,1-3H3,(H,23,26)/t16-/m0/s1. The first-order valence-corrected chi connectivity index (χ1v) is 8.58. The molecule has 4 nitrogen and oxygen atoms in total. The van der Waals surface area contributed by atoms with Crippen LogP contribution < -0.4 is 5.32 Å². The van der Waals surface area contributed by atoms with Gasteiger partial charge in [0.1, 0.15) is 5.82 Å². The van der Waals surface area contributed by atoms with E-state index in [0.717, 1.165) is 22.5 Å². The summed E-state index contributed by atoms with van der Waals surface area (Å²) in [6.45, 7) is 6.55. The topological polar surface area (TPSA) is 46.9 Å². The van der Waals surface area contributed by atoms with E-state index in [1.54, 1.807) is 12.1 Å². The highest BCUT2D eigenvalue weighted by atomic mass is 19.1. The number of aromatic nitrogens is 2. The summed E-state index contributed by atoms with van der Waals surface area (Å²) in [6, 6.07) is 15.5. The summed E-state index contributed by atoms with van der Waals surface area (Å²) in [7, 11) is 0. The van der Waals surface area contributed by atoms with Crippen molar-refractivity contribution in [2.24, 2.45) is 0 Å². The molecule has 0 saturated heterocycles. The molecule has 0 aliphatic heterocycles. The van der Waals surface area contributed by atoms with Crippen molar-refractivity contribution < 1.29 is 9.18 Å². The third kappa shape index (κ3) is 4.17. The van der Waals surface area contributed by atoms with Crippen LogP contribution in [0.25, 0.3) is 0 Å². The number of carbonyl (C=O) groups is 1. The second-order valence-electron chi connectivity index (χ2n) is 6.53. The fourth-order valence-electron chi connectivity index (χ4n) is 2.88. The second kappa shape index (κ2) is 7.52. The molecule has 1 heterocycles. The zero-order valence-corrected chi connectivity index (χ0v) is 15.2. The van der Waals surface area contributed by atoms with Gasteiger partial charge in [0.05, 0.1) is 18.3 Å². The molecule has 3 aromatic rings. The van der Waals surface area contributed by atoms with Gasteiger partial charge in [0.25, 0.3) is 5.91 Å². The lowest BCUT2D eigenvalue weighted by atomic mass is 10.1. The van der Waals surface area contributed by atoms with Gasteiger partial charge in [-0.15, -0.1) is 0 Å². The van der Waals surface area contributed by atoms with Gasteiger partial charge in [-0.05, 0) is 62.2 Å². The average Bonchev–Trinajstić information content (AvgIpc) is 2.93. The summed E-state index contributed by atoms with van der Waals surface area (Å²) in [5, 5.41) is 7.39. The summed E-state index contributed by atoms with van der Waals surface area (Å²) in [5.74, 6) is -0.440. The van der Waals surface area contributed by atoms with Gasteiger partial charge in [0.2, 0.25) is 0 Å². The van der Waals surface area contributed by atoms with Crippen LogP contribution >= 0.6 is 0 Å². The number of aryl methyl sites for hydroxylation is 2. The molecule has 1 atom stereocenters. The number of benzene rings is 2. The van der Waals surface area contributed by atoms with Crippen LogP contribution in [-0.4, -0.2) is 15.7 Å². The highest BCUT2D eigenvalue weighted by Crippen LogP contribution is 2.15. The van der Waals surface area contributed by atoms with Crippen LogP contribution in [0.4, 0.5) is 4.39 Å².